The first-order valence-corrected chi connectivity index (χ1v) is 19.2. The highest BCUT2D eigenvalue weighted by Gasteiger charge is 2.47. The summed E-state index contributed by atoms with van der Waals surface area (Å²) in [5, 5.41) is 0.187. The van der Waals surface area contributed by atoms with Crippen molar-refractivity contribution in [1.82, 2.24) is 24.9 Å². The van der Waals surface area contributed by atoms with Crippen molar-refractivity contribution < 1.29 is 18.3 Å². The number of rotatable bonds is 11. The summed E-state index contributed by atoms with van der Waals surface area (Å²) >= 11 is 0. The molecule has 0 radical (unpaired) electrons. The Hall–Kier alpha value is -1.84. The number of nitrogens with one attached hydrogen (secondary N) is 2. The molecule has 0 aliphatic carbocycles. The Morgan fingerprint density at radius 1 is 1.11 bits per heavy atom. The number of anilines is 1. The first kappa shape index (κ1) is 30.7. The molecule has 1 saturated heterocycles. The number of fused-ring (bicyclic) bond motifs is 1. The molecule has 3 atom stereocenters. The summed E-state index contributed by atoms with van der Waals surface area (Å²) in [4.78, 5) is 13.7. The van der Waals surface area contributed by atoms with Crippen molar-refractivity contribution in [3.63, 3.8) is 0 Å². The van der Waals surface area contributed by atoms with Gasteiger partial charge in [-0.3, -0.25) is 9.99 Å². The highest BCUT2D eigenvalue weighted by molar-refractivity contribution is 6.74. The Morgan fingerprint density at radius 3 is 2.34 bits per heavy atom. The maximum absolute atomic E-state index is 6.93. The molecular formula is C26H48N6O4Si2. The number of aromatic nitrogens is 4. The van der Waals surface area contributed by atoms with Crippen LogP contribution in [0.2, 0.25) is 36.3 Å². The summed E-state index contributed by atoms with van der Waals surface area (Å²) < 4.78 is 28.0. The minimum Gasteiger partial charge on any atom is -0.472 e. The van der Waals surface area contributed by atoms with E-state index < -0.39 is 16.6 Å². The molecule has 0 amide bonds. The molecule has 10 nitrogen and oxygen atoms in total. The van der Waals surface area contributed by atoms with Gasteiger partial charge in [-0.1, -0.05) is 54.2 Å². The molecule has 0 bridgehead atoms. The normalized spacial score (nSPS) is 21.2. The van der Waals surface area contributed by atoms with Gasteiger partial charge in [0, 0.05) is 13.5 Å². The largest absolute Gasteiger partial charge is 0.472 e. The van der Waals surface area contributed by atoms with Crippen LogP contribution in [-0.2, 0) is 13.6 Å². The van der Waals surface area contributed by atoms with E-state index in [1.807, 2.05) is 4.57 Å². The van der Waals surface area contributed by atoms with E-state index in [1.54, 1.807) is 19.5 Å². The van der Waals surface area contributed by atoms with Crippen LogP contribution in [0.25, 0.3) is 11.2 Å². The average Bonchev–Trinajstić information content (AvgIpc) is 3.38. The SMILES string of the molecule is C=CCOc1nc(NNC)nc2c1ncn2[C@H]1C[C@H](O[Si](C)(C)C(C)(C)C)[C@@H](CO[Si](C)(C)C(C)(C)C)O1. The number of imidazole rings is 1. The maximum Gasteiger partial charge on any atom is 0.247 e. The van der Waals surface area contributed by atoms with Crippen LogP contribution in [-0.4, -0.2) is 68.6 Å². The molecule has 1 fully saturated rings. The molecule has 2 aromatic rings. The van der Waals surface area contributed by atoms with Gasteiger partial charge in [0.1, 0.15) is 18.9 Å². The van der Waals surface area contributed by atoms with E-state index in [0.29, 0.717) is 42.6 Å². The van der Waals surface area contributed by atoms with E-state index in [0.717, 1.165) is 0 Å². The lowest BCUT2D eigenvalue weighted by molar-refractivity contribution is -0.0383. The van der Waals surface area contributed by atoms with Crippen LogP contribution in [0.3, 0.4) is 0 Å². The molecule has 1 aliphatic heterocycles. The molecule has 0 saturated carbocycles. The first-order chi connectivity index (χ1) is 17.5. The van der Waals surface area contributed by atoms with Crippen molar-refractivity contribution >= 4 is 33.7 Å². The molecule has 3 rings (SSSR count). The number of hydrazine groups is 1. The van der Waals surface area contributed by atoms with Crippen molar-refractivity contribution in [2.75, 3.05) is 25.7 Å². The molecule has 0 aromatic carbocycles. The lowest BCUT2D eigenvalue weighted by atomic mass is 10.2. The highest BCUT2D eigenvalue weighted by Crippen LogP contribution is 2.43. The van der Waals surface area contributed by atoms with Gasteiger partial charge in [-0.2, -0.15) is 9.97 Å². The van der Waals surface area contributed by atoms with Gasteiger partial charge in [-0.25, -0.2) is 10.4 Å². The molecule has 12 heteroatoms. The molecule has 3 heterocycles. The Kier molecular flexibility index (Phi) is 9.16. The number of nitrogens with zero attached hydrogens (tertiary/aromatic N) is 4. The lowest BCUT2D eigenvalue weighted by Crippen LogP contribution is -2.48. The van der Waals surface area contributed by atoms with Crippen LogP contribution in [0, 0.1) is 0 Å². The Bertz CT molecular complexity index is 1110. The van der Waals surface area contributed by atoms with E-state index in [4.69, 9.17) is 23.3 Å². The monoisotopic (exact) mass is 564 g/mol. The predicted octanol–water partition coefficient (Wildman–Crippen LogP) is 5.64. The fourth-order valence-corrected chi connectivity index (χ4v) is 6.09. The van der Waals surface area contributed by atoms with Crippen molar-refractivity contribution in [3.8, 4) is 5.88 Å². The minimum atomic E-state index is -2.06. The molecule has 1 aliphatic rings. The topological polar surface area (TPSA) is 105 Å². The quantitative estimate of drug-likeness (QED) is 0.204. The van der Waals surface area contributed by atoms with Gasteiger partial charge in [0.15, 0.2) is 27.8 Å². The third-order valence-electron chi connectivity index (χ3n) is 8.12. The van der Waals surface area contributed by atoms with Crippen LogP contribution < -0.4 is 15.6 Å². The third kappa shape index (κ3) is 6.65. The molecule has 38 heavy (non-hydrogen) atoms. The number of hydrogen-bond acceptors (Lipinski definition) is 9. The van der Waals surface area contributed by atoms with Gasteiger partial charge in [0.2, 0.25) is 11.8 Å². The molecule has 0 spiro atoms. The molecule has 2 N–H and O–H groups in total. The lowest BCUT2D eigenvalue weighted by Gasteiger charge is -2.40. The molecule has 0 unspecified atom stereocenters. The van der Waals surface area contributed by atoms with Crippen LogP contribution >= 0.6 is 0 Å². The standard InChI is InChI=1S/C26H48N6O4Si2/c1-13-14-33-23-21-22(29-24(30-23)31-27-8)32(17-28-21)20-15-18(36-38(11,12)26(5,6)7)19(35-20)16-34-37(9,10)25(2,3)4/h13,17-20,27H,1,14-16H2,2-12H3,(H,29,30,31)/t18-,19+,20+/m0/s1. The summed E-state index contributed by atoms with van der Waals surface area (Å²) in [5.41, 5.74) is 7.01. The van der Waals surface area contributed by atoms with Crippen LogP contribution in [0.4, 0.5) is 5.95 Å². The highest BCUT2D eigenvalue weighted by atomic mass is 28.4. The van der Waals surface area contributed by atoms with E-state index in [-0.39, 0.29) is 28.5 Å². The van der Waals surface area contributed by atoms with Crippen molar-refractivity contribution in [1.29, 1.82) is 0 Å². The van der Waals surface area contributed by atoms with E-state index >= 15 is 0 Å². The Morgan fingerprint density at radius 2 is 1.76 bits per heavy atom. The predicted molar refractivity (Wildman–Crippen MR) is 157 cm³/mol. The minimum absolute atomic E-state index is 0.0793. The number of ether oxygens (including phenoxy) is 2. The van der Waals surface area contributed by atoms with Crippen LogP contribution in [0.5, 0.6) is 5.88 Å². The summed E-state index contributed by atoms with van der Waals surface area (Å²) in [7, 11) is -2.27. The van der Waals surface area contributed by atoms with Gasteiger partial charge < -0.3 is 18.3 Å². The van der Waals surface area contributed by atoms with E-state index in [1.165, 1.54) is 0 Å². The number of hydrogen-bond donors (Lipinski definition) is 2. The summed E-state index contributed by atoms with van der Waals surface area (Å²) in [6.45, 7) is 27.2. The van der Waals surface area contributed by atoms with Gasteiger partial charge in [0.05, 0.1) is 19.0 Å². The second-order valence-electron chi connectivity index (χ2n) is 13.0. The van der Waals surface area contributed by atoms with Crippen molar-refractivity contribution in [2.45, 2.75) is 103 Å². The maximum atomic E-state index is 6.93. The average molecular weight is 565 g/mol. The fraction of sp³-hybridized carbons (Fsp3) is 0.731. The zero-order chi connectivity index (χ0) is 28.5. The summed E-state index contributed by atoms with van der Waals surface area (Å²) in [5.74, 6) is 0.766. The van der Waals surface area contributed by atoms with Crippen LogP contribution in [0.1, 0.15) is 54.2 Å². The summed E-state index contributed by atoms with van der Waals surface area (Å²) in [6, 6.07) is 0. The second-order valence-corrected chi connectivity index (χ2v) is 22.6. The molecule has 214 valence electrons. The van der Waals surface area contributed by atoms with Crippen molar-refractivity contribution in [3.05, 3.63) is 19.0 Å². The Labute approximate surface area is 230 Å². The molecular weight excluding hydrogens is 516 g/mol. The zero-order valence-corrected chi connectivity index (χ0v) is 27.1. The van der Waals surface area contributed by atoms with Gasteiger partial charge in [-0.15, -0.1) is 0 Å². The van der Waals surface area contributed by atoms with Gasteiger partial charge in [0.25, 0.3) is 0 Å². The first-order valence-electron chi connectivity index (χ1n) is 13.4. The van der Waals surface area contributed by atoms with E-state index in [2.05, 4.69) is 95.1 Å². The molecule has 2 aromatic heterocycles. The van der Waals surface area contributed by atoms with Gasteiger partial charge >= 0.3 is 0 Å². The Balaban J connectivity index is 1.96. The van der Waals surface area contributed by atoms with Gasteiger partial charge in [-0.05, 0) is 36.3 Å². The van der Waals surface area contributed by atoms with Crippen LogP contribution in [0.15, 0.2) is 19.0 Å². The third-order valence-corrected chi connectivity index (χ3v) is 17.1. The smallest absolute Gasteiger partial charge is 0.247 e. The van der Waals surface area contributed by atoms with E-state index in [9.17, 15) is 0 Å². The zero-order valence-electron chi connectivity index (χ0n) is 25.1. The fourth-order valence-electron chi connectivity index (χ4n) is 3.71. The second kappa shape index (κ2) is 11.3. The van der Waals surface area contributed by atoms with Crippen molar-refractivity contribution in [2.24, 2.45) is 0 Å². The summed E-state index contributed by atoms with van der Waals surface area (Å²) in [6.07, 6.45) is 3.48.